The SMILES string of the molecule is CCCC(C)NCc1c(C(=O)O)sc2cccc(F)c12. The van der Waals surface area contributed by atoms with Crippen molar-refractivity contribution in [3.63, 3.8) is 0 Å². The van der Waals surface area contributed by atoms with Crippen molar-refractivity contribution >= 4 is 27.4 Å². The van der Waals surface area contributed by atoms with Crippen LogP contribution >= 0.6 is 11.3 Å². The molecule has 3 nitrogen and oxygen atoms in total. The van der Waals surface area contributed by atoms with Crippen molar-refractivity contribution in [1.29, 1.82) is 0 Å². The molecule has 5 heteroatoms. The number of thiophene rings is 1. The fourth-order valence-corrected chi connectivity index (χ4v) is 3.39. The maximum atomic E-state index is 14.0. The molecule has 0 bridgehead atoms. The van der Waals surface area contributed by atoms with Gasteiger partial charge in [-0.05, 0) is 25.5 Å². The fraction of sp³-hybridized carbons (Fsp3) is 0.400. The number of hydrogen-bond acceptors (Lipinski definition) is 3. The van der Waals surface area contributed by atoms with E-state index in [2.05, 4.69) is 19.2 Å². The first-order chi connectivity index (χ1) is 9.54. The van der Waals surface area contributed by atoms with Crippen LogP contribution in [0.25, 0.3) is 10.1 Å². The van der Waals surface area contributed by atoms with E-state index in [1.807, 2.05) is 0 Å². The van der Waals surface area contributed by atoms with Crippen LogP contribution in [0.2, 0.25) is 0 Å². The van der Waals surface area contributed by atoms with E-state index >= 15 is 0 Å². The standard InChI is InChI=1S/C15H18FNO2S/c1-3-5-9(2)17-8-10-13-11(16)6-4-7-12(13)20-14(10)15(18)19/h4,6-7,9,17H,3,5,8H2,1-2H3,(H,18,19). The van der Waals surface area contributed by atoms with Gasteiger partial charge in [0.2, 0.25) is 0 Å². The van der Waals surface area contributed by atoms with Crippen LogP contribution in [0.4, 0.5) is 4.39 Å². The Labute approximate surface area is 121 Å². The number of halogens is 1. The van der Waals surface area contributed by atoms with Crippen LogP contribution in [0.1, 0.15) is 41.9 Å². The highest BCUT2D eigenvalue weighted by atomic mass is 32.1. The highest BCUT2D eigenvalue weighted by molar-refractivity contribution is 7.21. The Morgan fingerprint density at radius 3 is 2.90 bits per heavy atom. The van der Waals surface area contributed by atoms with Crippen molar-refractivity contribution in [3.05, 3.63) is 34.5 Å². The summed E-state index contributed by atoms with van der Waals surface area (Å²) in [5.74, 6) is -1.35. The monoisotopic (exact) mass is 295 g/mol. The zero-order valence-electron chi connectivity index (χ0n) is 11.6. The number of aromatic carboxylic acids is 1. The molecular formula is C15H18FNO2S. The Morgan fingerprint density at radius 2 is 2.25 bits per heavy atom. The van der Waals surface area contributed by atoms with Gasteiger partial charge < -0.3 is 10.4 Å². The zero-order valence-corrected chi connectivity index (χ0v) is 12.4. The van der Waals surface area contributed by atoms with Crippen LogP contribution < -0.4 is 5.32 Å². The smallest absolute Gasteiger partial charge is 0.346 e. The summed E-state index contributed by atoms with van der Waals surface area (Å²) in [6.45, 7) is 4.53. The number of fused-ring (bicyclic) bond motifs is 1. The lowest BCUT2D eigenvalue weighted by molar-refractivity contribution is 0.0701. The Kier molecular flexibility index (Phi) is 4.73. The molecule has 0 fully saturated rings. The molecule has 2 rings (SSSR count). The van der Waals surface area contributed by atoms with Crippen molar-refractivity contribution < 1.29 is 14.3 Å². The maximum absolute atomic E-state index is 14.0. The second-order valence-corrected chi connectivity index (χ2v) is 5.95. The van der Waals surface area contributed by atoms with Crippen molar-refractivity contribution in [2.75, 3.05) is 0 Å². The summed E-state index contributed by atoms with van der Waals surface area (Å²) in [5.41, 5.74) is 0.554. The molecule has 0 saturated heterocycles. The highest BCUT2D eigenvalue weighted by Gasteiger charge is 2.20. The largest absolute Gasteiger partial charge is 0.477 e. The molecule has 0 aliphatic carbocycles. The first-order valence-corrected chi connectivity index (χ1v) is 7.52. The van der Waals surface area contributed by atoms with E-state index in [-0.39, 0.29) is 16.7 Å². The predicted molar refractivity (Wildman–Crippen MR) is 80.0 cm³/mol. The molecule has 0 radical (unpaired) electrons. The van der Waals surface area contributed by atoms with Gasteiger partial charge in [0, 0.05) is 28.2 Å². The van der Waals surface area contributed by atoms with Crippen molar-refractivity contribution in [2.24, 2.45) is 0 Å². The van der Waals surface area contributed by atoms with E-state index in [4.69, 9.17) is 0 Å². The van der Waals surface area contributed by atoms with Gasteiger partial charge in [-0.2, -0.15) is 0 Å². The number of benzene rings is 1. The number of nitrogens with one attached hydrogen (secondary N) is 1. The lowest BCUT2D eigenvalue weighted by atomic mass is 10.1. The van der Waals surface area contributed by atoms with E-state index in [1.165, 1.54) is 6.07 Å². The van der Waals surface area contributed by atoms with Crippen LogP contribution in [0, 0.1) is 5.82 Å². The molecule has 2 aromatic rings. The van der Waals surface area contributed by atoms with Crippen molar-refractivity contribution in [1.82, 2.24) is 5.32 Å². The molecule has 20 heavy (non-hydrogen) atoms. The average molecular weight is 295 g/mol. The van der Waals surface area contributed by atoms with Crippen LogP contribution in [-0.2, 0) is 6.54 Å². The number of carboxylic acid groups (broad SMARTS) is 1. The summed E-state index contributed by atoms with van der Waals surface area (Å²) < 4.78 is 14.7. The molecule has 0 spiro atoms. The Bertz CT molecular complexity index is 624. The zero-order chi connectivity index (χ0) is 14.7. The Morgan fingerprint density at radius 1 is 1.50 bits per heavy atom. The van der Waals surface area contributed by atoms with Crippen molar-refractivity contribution in [3.8, 4) is 0 Å². The van der Waals surface area contributed by atoms with Gasteiger partial charge in [-0.25, -0.2) is 9.18 Å². The van der Waals surface area contributed by atoms with E-state index in [0.29, 0.717) is 22.2 Å². The van der Waals surface area contributed by atoms with Gasteiger partial charge in [0.25, 0.3) is 0 Å². The van der Waals surface area contributed by atoms with Crippen LogP contribution in [0.15, 0.2) is 18.2 Å². The summed E-state index contributed by atoms with van der Waals surface area (Å²) in [4.78, 5) is 11.6. The van der Waals surface area contributed by atoms with E-state index < -0.39 is 5.97 Å². The van der Waals surface area contributed by atoms with Crippen LogP contribution in [-0.4, -0.2) is 17.1 Å². The topological polar surface area (TPSA) is 49.3 Å². The van der Waals surface area contributed by atoms with E-state index in [1.54, 1.807) is 12.1 Å². The minimum absolute atomic E-state index is 0.223. The van der Waals surface area contributed by atoms with E-state index in [0.717, 1.165) is 24.2 Å². The molecule has 1 atom stereocenters. The number of carboxylic acids is 1. The molecule has 1 unspecified atom stereocenters. The molecule has 0 amide bonds. The quantitative estimate of drug-likeness (QED) is 0.846. The summed E-state index contributed by atoms with van der Waals surface area (Å²) >= 11 is 1.13. The molecule has 1 aromatic carbocycles. The van der Waals surface area contributed by atoms with Gasteiger partial charge >= 0.3 is 5.97 Å². The summed E-state index contributed by atoms with van der Waals surface area (Å²) in [7, 11) is 0. The summed E-state index contributed by atoms with van der Waals surface area (Å²) in [6, 6.07) is 5.02. The van der Waals surface area contributed by atoms with Gasteiger partial charge in [0.05, 0.1) is 0 Å². The Hall–Kier alpha value is -1.46. The predicted octanol–water partition coefficient (Wildman–Crippen LogP) is 4.02. The molecule has 0 saturated carbocycles. The van der Waals surface area contributed by atoms with Gasteiger partial charge in [0.15, 0.2) is 0 Å². The molecule has 2 N–H and O–H groups in total. The third kappa shape index (κ3) is 2.99. The second-order valence-electron chi connectivity index (χ2n) is 4.90. The molecule has 0 aliphatic heterocycles. The number of rotatable bonds is 6. The molecule has 0 aliphatic rings. The average Bonchev–Trinajstić information content (AvgIpc) is 2.77. The number of hydrogen-bond donors (Lipinski definition) is 2. The first-order valence-electron chi connectivity index (χ1n) is 6.71. The van der Waals surface area contributed by atoms with Gasteiger partial charge in [-0.1, -0.05) is 19.4 Å². The van der Waals surface area contributed by atoms with Gasteiger partial charge in [-0.15, -0.1) is 11.3 Å². The molecule has 108 valence electrons. The maximum Gasteiger partial charge on any atom is 0.346 e. The first kappa shape index (κ1) is 14.9. The highest BCUT2D eigenvalue weighted by Crippen LogP contribution is 2.33. The summed E-state index contributed by atoms with van der Waals surface area (Å²) in [6.07, 6.45) is 2.06. The minimum atomic E-state index is -0.995. The second kappa shape index (κ2) is 6.33. The van der Waals surface area contributed by atoms with Gasteiger partial charge in [0.1, 0.15) is 10.7 Å². The summed E-state index contributed by atoms with van der Waals surface area (Å²) in [5, 5.41) is 13.0. The fourth-order valence-electron chi connectivity index (χ4n) is 2.32. The lowest BCUT2D eigenvalue weighted by Crippen LogP contribution is -2.25. The Balaban J connectivity index is 2.38. The normalized spacial score (nSPS) is 12.8. The number of carbonyl (C=O) groups is 1. The van der Waals surface area contributed by atoms with E-state index in [9.17, 15) is 14.3 Å². The molecule has 1 aromatic heterocycles. The van der Waals surface area contributed by atoms with Crippen LogP contribution in [0.5, 0.6) is 0 Å². The lowest BCUT2D eigenvalue weighted by Gasteiger charge is -2.12. The third-order valence-electron chi connectivity index (χ3n) is 3.31. The minimum Gasteiger partial charge on any atom is -0.477 e. The van der Waals surface area contributed by atoms with Crippen molar-refractivity contribution in [2.45, 2.75) is 39.3 Å². The van der Waals surface area contributed by atoms with Crippen LogP contribution in [0.3, 0.4) is 0 Å². The molecular weight excluding hydrogens is 277 g/mol. The third-order valence-corrected chi connectivity index (χ3v) is 4.49. The van der Waals surface area contributed by atoms with Gasteiger partial charge in [-0.3, -0.25) is 0 Å². The molecule has 1 heterocycles.